The normalized spacial score (nSPS) is 20.2. The first-order chi connectivity index (χ1) is 6.54. The van der Waals surface area contributed by atoms with Crippen LogP contribution in [0.1, 0.15) is 6.92 Å². The van der Waals surface area contributed by atoms with Gasteiger partial charge in [0.25, 0.3) is 0 Å². The average Bonchev–Trinajstić information content (AvgIpc) is 2.14. The van der Waals surface area contributed by atoms with Crippen LogP contribution in [0.4, 0.5) is 0 Å². The fraction of sp³-hybridized carbons (Fsp3) is 0.778. The molecule has 5 heteroatoms. The molecular weight excluding hydrogens is 182 g/mol. The Morgan fingerprint density at radius 3 is 2.57 bits per heavy atom. The fourth-order valence-electron chi connectivity index (χ4n) is 1.38. The molecular formula is C9H17N3O2. The van der Waals surface area contributed by atoms with Gasteiger partial charge in [0, 0.05) is 13.6 Å². The summed E-state index contributed by atoms with van der Waals surface area (Å²) >= 11 is 0. The molecule has 1 rings (SSSR count). The Balaban J connectivity index is 2.53. The van der Waals surface area contributed by atoms with Crippen molar-refractivity contribution in [1.82, 2.24) is 9.80 Å². The molecule has 1 atom stereocenters. The van der Waals surface area contributed by atoms with Gasteiger partial charge in [0.2, 0.25) is 11.8 Å². The van der Waals surface area contributed by atoms with Crippen LogP contribution >= 0.6 is 0 Å². The molecule has 0 radical (unpaired) electrons. The van der Waals surface area contributed by atoms with E-state index in [4.69, 9.17) is 5.73 Å². The molecule has 1 fully saturated rings. The van der Waals surface area contributed by atoms with Gasteiger partial charge in [-0.05, 0) is 12.5 Å². The van der Waals surface area contributed by atoms with Crippen molar-refractivity contribution in [3.8, 4) is 0 Å². The number of likely N-dealkylation sites (N-methyl/N-ethyl adjacent to an activating group) is 1. The van der Waals surface area contributed by atoms with Crippen molar-refractivity contribution in [2.24, 2.45) is 11.7 Å². The third-order valence-electron chi connectivity index (χ3n) is 2.41. The lowest BCUT2D eigenvalue weighted by atomic mass is 10.1. The summed E-state index contributed by atoms with van der Waals surface area (Å²) in [6.07, 6.45) is 0. The van der Waals surface area contributed by atoms with E-state index in [1.165, 1.54) is 4.90 Å². The van der Waals surface area contributed by atoms with E-state index >= 15 is 0 Å². The van der Waals surface area contributed by atoms with E-state index in [1.807, 2.05) is 6.92 Å². The van der Waals surface area contributed by atoms with Crippen LogP contribution in [0.5, 0.6) is 0 Å². The highest BCUT2D eigenvalue weighted by Crippen LogP contribution is 2.05. The van der Waals surface area contributed by atoms with Crippen LogP contribution in [-0.2, 0) is 9.59 Å². The quantitative estimate of drug-likeness (QED) is 0.626. The van der Waals surface area contributed by atoms with Crippen LogP contribution in [0.25, 0.3) is 0 Å². The zero-order chi connectivity index (χ0) is 10.7. The second-order valence-corrected chi connectivity index (χ2v) is 3.86. The number of carbonyl (C=O) groups excluding carboxylic acids is 2. The molecule has 1 saturated heterocycles. The first-order valence-corrected chi connectivity index (χ1v) is 4.76. The third kappa shape index (κ3) is 2.45. The molecule has 2 amide bonds. The van der Waals surface area contributed by atoms with Crippen LogP contribution in [0.15, 0.2) is 0 Å². The van der Waals surface area contributed by atoms with Crippen LogP contribution in [0.2, 0.25) is 0 Å². The summed E-state index contributed by atoms with van der Waals surface area (Å²) in [5, 5.41) is 0. The van der Waals surface area contributed by atoms with Crippen molar-refractivity contribution >= 4 is 11.8 Å². The number of amides is 2. The lowest BCUT2D eigenvalue weighted by Gasteiger charge is -2.33. The number of hydrogen-bond donors (Lipinski definition) is 1. The molecule has 5 nitrogen and oxygen atoms in total. The Kier molecular flexibility index (Phi) is 3.46. The smallest absolute Gasteiger partial charge is 0.242 e. The van der Waals surface area contributed by atoms with Gasteiger partial charge in [-0.3, -0.25) is 9.59 Å². The van der Waals surface area contributed by atoms with Crippen LogP contribution in [-0.4, -0.2) is 54.8 Å². The fourth-order valence-corrected chi connectivity index (χ4v) is 1.38. The molecule has 1 unspecified atom stereocenters. The number of piperazine rings is 1. The SMILES string of the molecule is CC(CN)CN1CC(=O)N(C)CC1=O. The average molecular weight is 199 g/mol. The van der Waals surface area contributed by atoms with E-state index in [2.05, 4.69) is 0 Å². The minimum Gasteiger partial charge on any atom is -0.335 e. The Morgan fingerprint density at radius 2 is 2.00 bits per heavy atom. The molecule has 0 aliphatic carbocycles. The maximum Gasteiger partial charge on any atom is 0.242 e. The molecule has 0 saturated carbocycles. The van der Waals surface area contributed by atoms with E-state index in [9.17, 15) is 9.59 Å². The summed E-state index contributed by atoms with van der Waals surface area (Å²) < 4.78 is 0. The van der Waals surface area contributed by atoms with Crippen LogP contribution in [0.3, 0.4) is 0 Å². The van der Waals surface area contributed by atoms with Gasteiger partial charge in [-0.15, -0.1) is 0 Å². The van der Waals surface area contributed by atoms with Crippen molar-refractivity contribution in [2.45, 2.75) is 6.92 Å². The van der Waals surface area contributed by atoms with Gasteiger partial charge in [-0.1, -0.05) is 6.92 Å². The van der Waals surface area contributed by atoms with Gasteiger partial charge >= 0.3 is 0 Å². The van der Waals surface area contributed by atoms with Gasteiger partial charge in [-0.2, -0.15) is 0 Å². The van der Waals surface area contributed by atoms with E-state index in [0.717, 1.165) is 0 Å². The minimum atomic E-state index is -0.00572. The largest absolute Gasteiger partial charge is 0.335 e. The molecule has 0 aromatic heterocycles. The second-order valence-electron chi connectivity index (χ2n) is 3.86. The number of carbonyl (C=O) groups is 2. The van der Waals surface area contributed by atoms with Crippen LogP contribution in [0, 0.1) is 5.92 Å². The predicted molar refractivity (Wildman–Crippen MR) is 52.4 cm³/mol. The number of nitrogens with zero attached hydrogens (tertiary/aromatic N) is 2. The summed E-state index contributed by atoms with van der Waals surface area (Å²) in [5.74, 6) is 0.247. The molecule has 14 heavy (non-hydrogen) atoms. The Hall–Kier alpha value is -1.10. The van der Waals surface area contributed by atoms with Gasteiger partial charge in [0.15, 0.2) is 0 Å². The van der Waals surface area contributed by atoms with Gasteiger partial charge in [-0.25, -0.2) is 0 Å². The zero-order valence-electron chi connectivity index (χ0n) is 8.69. The molecule has 80 valence electrons. The number of hydrogen-bond acceptors (Lipinski definition) is 3. The lowest BCUT2D eigenvalue weighted by molar-refractivity contribution is -0.149. The van der Waals surface area contributed by atoms with Crippen molar-refractivity contribution in [1.29, 1.82) is 0 Å². The molecule has 1 aliphatic rings. The van der Waals surface area contributed by atoms with E-state index in [1.54, 1.807) is 11.9 Å². The molecule has 2 N–H and O–H groups in total. The molecule has 1 aliphatic heterocycles. The first kappa shape index (κ1) is 11.0. The predicted octanol–water partition coefficient (Wildman–Crippen LogP) is -1.12. The highest BCUT2D eigenvalue weighted by molar-refractivity contribution is 5.92. The Bertz CT molecular complexity index is 242. The minimum absolute atomic E-state index is 0.00572. The Morgan fingerprint density at radius 1 is 1.36 bits per heavy atom. The summed E-state index contributed by atoms with van der Waals surface area (Å²) in [7, 11) is 1.64. The highest BCUT2D eigenvalue weighted by Gasteiger charge is 2.27. The summed E-state index contributed by atoms with van der Waals surface area (Å²) in [6, 6.07) is 0. The summed E-state index contributed by atoms with van der Waals surface area (Å²) in [5.41, 5.74) is 5.46. The second kappa shape index (κ2) is 4.41. The standard InChI is InChI=1S/C9H17N3O2/c1-7(3-10)4-12-6-8(13)11(2)5-9(12)14/h7H,3-6,10H2,1-2H3. The van der Waals surface area contributed by atoms with E-state index in [0.29, 0.717) is 13.1 Å². The number of rotatable bonds is 3. The van der Waals surface area contributed by atoms with Crippen LogP contribution < -0.4 is 5.73 Å². The maximum atomic E-state index is 11.5. The zero-order valence-corrected chi connectivity index (χ0v) is 8.69. The molecule has 0 bridgehead atoms. The molecule has 0 aromatic carbocycles. The van der Waals surface area contributed by atoms with Crippen molar-refractivity contribution < 1.29 is 9.59 Å². The Labute approximate surface area is 83.8 Å². The molecule has 0 aromatic rings. The van der Waals surface area contributed by atoms with E-state index < -0.39 is 0 Å². The van der Waals surface area contributed by atoms with Gasteiger partial charge in [0.1, 0.15) is 0 Å². The van der Waals surface area contributed by atoms with Crippen molar-refractivity contribution in [3.05, 3.63) is 0 Å². The summed E-state index contributed by atoms with van der Waals surface area (Å²) in [6.45, 7) is 3.47. The highest BCUT2D eigenvalue weighted by atomic mass is 16.2. The number of nitrogens with two attached hydrogens (primary N) is 1. The topological polar surface area (TPSA) is 66.6 Å². The maximum absolute atomic E-state index is 11.5. The molecule has 0 spiro atoms. The van der Waals surface area contributed by atoms with E-state index in [-0.39, 0.29) is 30.8 Å². The third-order valence-corrected chi connectivity index (χ3v) is 2.41. The molecule has 1 heterocycles. The van der Waals surface area contributed by atoms with Crippen molar-refractivity contribution in [2.75, 3.05) is 33.2 Å². The van der Waals surface area contributed by atoms with Crippen molar-refractivity contribution in [3.63, 3.8) is 0 Å². The van der Waals surface area contributed by atoms with Gasteiger partial charge in [0.05, 0.1) is 13.1 Å². The first-order valence-electron chi connectivity index (χ1n) is 4.76. The monoisotopic (exact) mass is 199 g/mol. The summed E-state index contributed by atoms with van der Waals surface area (Å²) in [4.78, 5) is 25.8. The van der Waals surface area contributed by atoms with Gasteiger partial charge < -0.3 is 15.5 Å². The lowest BCUT2D eigenvalue weighted by Crippen LogP contribution is -2.53.